The van der Waals surface area contributed by atoms with E-state index in [0.717, 1.165) is 30.5 Å². The zero-order chi connectivity index (χ0) is 13.8. The first kappa shape index (κ1) is 13.6. The van der Waals surface area contributed by atoms with Crippen LogP contribution in [0.25, 0.3) is 0 Å². The lowest BCUT2D eigenvalue weighted by molar-refractivity contribution is -0.120. The van der Waals surface area contributed by atoms with Gasteiger partial charge in [-0.05, 0) is 43.4 Å². The van der Waals surface area contributed by atoms with E-state index in [1.54, 1.807) is 6.92 Å². The Balaban J connectivity index is 2.01. The molecular formula is C15H20N2O2. The highest BCUT2D eigenvalue weighted by molar-refractivity contribution is 5.99. The van der Waals surface area contributed by atoms with Gasteiger partial charge in [0.2, 0.25) is 5.91 Å². The monoisotopic (exact) mass is 260 g/mol. The van der Waals surface area contributed by atoms with E-state index in [1.165, 1.54) is 0 Å². The largest absolute Gasteiger partial charge is 0.411 e. The van der Waals surface area contributed by atoms with Gasteiger partial charge in [-0.25, -0.2) is 0 Å². The normalized spacial score (nSPS) is 23.4. The highest BCUT2D eigenvalue weighted by Gasteiger charge is 2.29. The minimum Gasteiger partial charge on any atom is -0.411 e. The van der Waals surface area contributed by atoms with E-state index in [9.17, 15) is 4.79 Å². The summed E-state index contributed by atoms with van der Waals surface area (Å²) in [6, 6.07) is 7.34. The molecule has 1 aromatic rings. The number of rotatable bonds is 3. The topological polar surface area (TPSA) is 61.7 Å². The van der Waals surface area contributed by atoms with Gasteiger partial charge in [0.25, 0.3) is 0 Å². The van der Waals surface area contributed by atoms with Crippen molar-refractivity contribution in [3.63, 3.8) is 0 Å². The number of nitrogens with zero attached hydrogens (tertiary/aromatic N) is 1. The zero-order valence-electron chi connectivity index (χ0n) is 11.4. The third-order valence-corrected chi connectivity index (χ3v) is 3.92. The van der Waals surface area contributed by atoms with Crippen LogP contribution in [0.1, 0.15) is 38.7 Å². The summed E-state index contributed by atoms with van der Waals surface area (Å²) in [7, 11) is 0. The molecule has 1 amide bonds. The van der Waals surface area contributed by atoms with E-state index in [-0.39, 0.29) is 11.8 Å². The fourth-order valence-corrected chi connectivity index (χ4v) is 2.62. The summed E-state index contributed by atoms with van der Waals surface area (Å²) < 4.78 is 0. The van der Waals surface area contributed by atoms with Crippen LogP contribution in [0.15, 0.2) is 29.4 Å². The molecule has 2 N–H and O–H groups in total. The Morgan fingerprint density at radius 1 is 1.32 bits per heavy atom. The lowest BCUT2D eigenvalue weighted by Crippen LogP contribution is -2.24. The fourth-order valence-electron chi connectivity index (χ4n) is 2.62. The molecule has 19 heavy (non-hydrogen) atoms. The summed E-state index contributed by atoms with van der Waals surface area (Å²) >= 11 is 0. The third-order valence-electron chi connectivity index (χ3n) is 3.92. The molecule has 2 atom stereocenters. The number of anilines is 1. The molecule has 1 fully saturated rings. The number of amides is 1. The van der Waals surface area contributed by atoms with Crippen molar-refractivity contribution in [2.75, 3.05) is 5.32 Å². The predicted octanol–water partition coefficient (Wildman–Crippen LogP) is 3.26. The summed E-state index contributed by atoms with van der Waals surface area (Å²) in [6.07, 6.45) is 3.27. The maximum atomic E-state index is 12.1. The molecule has 1 saturated carbocycles. The lowest BCUT2D eigenvalue weighted by Gasteiger charge is -2.15. The van der Waals surface area contributed by atoms with E-state index in [1.807, 2.05) is 24.3 Å². The quantitative estimate of drug-likeness (QED) is 0.498. The van der Waals surface area contributed by atoms with Crippen molar-refractivity contribution in [1.82, 2.24) is 0 Å². The van der Waals surface area contributed by atoms with Gasteiger partial charge < -0.3 is 10.5 Å². The van der Waals surface area contributed by atoms with Crippen LogP contribution in [0, 0.1) is 11.8 Å². The van der Waals surface area contributed by atoms with E-state index in [4.69, 9.17) is 5.21 Å². The minimum atomic E-state index is 0.116. The smallest absolute Gasteiger partial charge is 0.227 e. The van der Waals surface area contributed by atoms with E-state index >= 15 is 0 Å². The Hall–Kier alpha value is -1.84. The number of carbonyl (C=O) groups excluding carboxylic acids is 1. The Bertz CT molecular complexity index is 479. The first-order valence-corrected chi connectivity index (χ1v) is 6.71. The van der Waals surface area contributed by atoms with Crippen molar-refractivity contribution in [3.05, 3.63) is 29.8 Å². The Morgan fingerprint density at radius 2 is 2.00 bits per heavy atom. The summed E-state index contributed by atoms with van der Waals surface area (Å²) in [6.45, 7) is 3.87. The molecule has 0 saturated heterocycles. The summed E-state index contributed by atoms with van der Waals surface area (Å²) in [5.74, 6) is 0.730. The second-order valence-electron chi connectivity index (χ2n) is 5.27. The molecule has 0 spiro atoms. The molecule has 102 valence electrons. The van der Waals surface area contributed by atoms with Crippen molar-refractivity contribution in [1.29, 1.82) is 0 Å². The van der Waals surface area contributed by atoms with Crippen LogP contribution in [0.4, 0.5) is 5.69 Å². The molecule has 0 heterocycles. The van der Waals surface area contributed by atoms with Gasteiger partial charge in [0.15, 0.2) is 0 Å². The van der Waals surface area contributed by atoms with Crippen LogP contribution in [-0.2, 0) is 4.79 Å². The molecule has 4 heteroatoms. The Labute approximate surface area is 113 Å². The van der Waals surface area contributed by atoms with Gasteiger partial charge in [0.1, 0.15) is 0 Å². The fraction of sp³-hybridized carbons (Fsp3) is 0.467. The van der Waals surface area contributed by atoms with Crippen LogP contribution < -0.4 is 5.32 Å². The van der Waals surface area contributed by atoms with E-state index < -0.39 is 0 Å². The Morgan fingerprint density at radius 3 is 2.53 bits per heavy atom. The number of carbonyl (C=O) groups is 1. The van der Waals surface area contributed by atoms with Crippen molar-refractivity contribution >= 4 is 17.3 Å². The van der Waals surface area contributed by atoms with Crippen molar-refractivity contribution < 1.29 is 10.0 Å². The average molecular weight is 260 g/mol. The molecule has 0 radical (unpaired) electrons. The van der Waals surface area contributed by atoms with Gasteiger partial charge in [-0.3, -0.25) is 4.79 Å². The third kappa shape index (κ3) is 3.13. The van der Waals surface area contributed by atoms with Gasteiger partial charge in [-0.1, -0.05) is 30.6 Å². The average Bonchev–Trinajstić information content (AvgIpc) is 2.85. The van der Waals surface area contributed by atoms with Gasteiger partial charge >= 0.3 is 0 Å². The van der Waals surface area contributed by atoms with Gasteiger partial charge in [-0.2, -0.15) is 0 Å². The van der Waals surface area contributed by atoms with E-state index in [2.05, 4.69) is 17.4 Å². The first-order chi connectivity index (χ1) is 9.11. The second-order valence-corrected chi connectivity index (χ2v) is 5.27. The Kier molecular flexibility index (Phi) is 4.20. The van der Waals surface area contributed by atoms with Crippen LogP contribution in [0.5, 0.6) is 0 Å². The summed E-state index contributed by atoms with van der Waals surface area (Å²) in [5, 5.41) is 14.8. The van der Waals surface area contributed by atoms with Crippen LogP contribution in [-0.4, -0.2) is 16.8 Å². The maximum absolute atomic E-state index is 12.1. The van der Waals surface area contributed by atoms with Crippen LogP contribution in [0.3, 0.4) is 0 Å². The van der Waals surface area contributed by atoms with Crippen molar-refractivity contribution in [2.45, 2.75) is 33.1 Å². The highest BCUT2D eigenvalue weighted by atomic mass is 16.4. The van der Waals surface area contributed by atoms with E-state index in [0.29, 0.717) is 11.6 Å². The number of nitrogens with one attached hydrogen (secondary N) is 1. The molecule has 1 aliphatic rings. The second kappa shape index (κ2) is 5.87. The van der Waals surface area contributed by atoms with Crippen molar-refractivity contribution in [2.24, 2.45) is 17.0 Å². The highest BCUT2D eigenvalue weighted by Crippen LogP contribution is 2.32. The maximum Gasteiger partial charge on any atom is 0.227 e. The molecule has 4 nitrogen and oxygen atoms in total. The number of benzene rings is 1. The predicted molar refractivity (Wildman–Crippen MR) is 75.6 cm³/mol. The minimum absolute atomic E-state index is 0.116. The molecule has 1 aromatic carbocycles. The number of hydrogen-bond donors (Lipinski definition) is 2. The van der Waals surface area contributed by atoms with Crippen LogP contribution >= 0.6 is 0 Å². The SMILES string of the molecule is C/C(=N\O)c1ccc(NC(=O)C2CCCC2C)cc1. The van der Waals surface area contributed by atoms with Gasteiger partial charge in [0, 0.05) is 11.6 Å². The molecule has 0 aromatic heterocycles. The molecule has 0 aliphatic heterocycles. The van der Waals surface area contributed by atoms with Crippen LogP contribution in [0.2, 0.25) is 0 Å². The summed E-state index contributed by atoms with van der Waals surface area (Å²) in [5.41, 5.74) is 2.19. The molecule has 1 aliphatic carbocycles. The van der Waals surface area contributed by atoms with Gasteiger partial charge in [0.05, 0.1) is 5.71 Å². The number of hydrogen-bond acceptors (Lipinski definition) is 3. The lowest BCUT2D eigenvalue weighted by atomic mass is 9.97. The standard InChI is InChI=1S/C15H20N2O2/c1-10-4-3-5-14(10)15(18)16-13-8-6-12(7-9-13)11(2)17-19/h6-10,14,19H,3-5H2,1-2H3,(H,16,18)/b17-11+. The first-order valence-electron chi connectivity index (χ1n) is 6.71. The molecule has 2 rings (SSSR count). The molecule has 2 unspecified atom stereocenters. The molecular weight excluding hydrogens is 240 g/mol. The summed E-state index contributed by atoms with van der Waals surface area (Å²) in [4.78, 5) is 12.1. The zero-order valence-corrected chi connectivity index (χ0v) is 11.4. The van der Waals surface area contributed by atoms with Crippen molar-refractivity contribution in [3.8, 4) is 0 Å². The van der Waals surface area contributed by atoms with Gasteiger partial charge in [-0.15, -0.1) is 0 Å². The molecule has 0 bridgehead atoms. The number of oxime groups is 1.